The van der Waals surface area contributed by atoms with Crippen LogP contribution in [0.3, 0.4) is 0 Å². The van der Waals surface area contributed by atoms with Gasteiger partial charge in [0.2, 0.25) is 5.01 Å². The molecule has 0 aliphatic carbocycles. The Morgan fingerprint density at radius 3 is 2.80 bits per heavy atom. The minimum atomic E-state index is -1.08. The highest BCUT2D eigenvalue weighted by molar-refractivity contribution is 7.07. The fourth-order valence-electron chi connectivity index (χ4n) is 0.380. The Morgan fingerprint density at radius 2 is 2.50 bits per heavy atom. The van der Waals surface area contributed by atoms with Crippen LogP contribution in [0.15, 0.2) is 0 Å². The number of aromatic nitrogens is 2. The van der Waals surface area contributed by atoms with Gasteiger partial charge < -0.3 is 9.84 Å². The summed E-state index contributed by atoms with van der Waals surface area (Å²) in [6, 6.07) is 0.0994. The Morgan fingerprint density at radius 1 is 1.80 bits per heavy atom. The van der Waals surface area contributed by atoms with E-state index in [-0.39, 0.29) is 11.0 Å². The number of nitrogens with zero attached hydrogens (tertiary/aromatic N) is 2. The van der Waals surface area contributed by atoms with Crippen molar-refractivity contribution in [2.75, 3.05) is 7.11 Å². The van der Waals surface area contributed by atoms with Gasteiger partial charge in [0, 0.05) is 0 Å². The van der Waals surface area contributed by atoms with Crippen LogP contribution in [0.25, 0.3) is 0 Å². The quantitative estimate of drug-likeness (QED) is 0.671. The molecule has 1 rings (SSSR count). The first-order valence-electron chi connectivity index (χ1n) is 2.35. The predicted octanol–water partition coefficient (Wildman–Crippen LogP) is 0.245. The van der Waals surface area contributed by atoms with Crippen LogP contribution in [0.2, 0.25) is 0 Å². The molecule has 0 aliphatic rings. The fraction of sp³-hybridized carbons (Fsp3) is 0.250. The van der Waals surface area contributed by atoms with E-state index in [1.54, 1.807) is 0 Å². The van der Waals surface area contributed by atoms with E-state index in [4.69, 9.17) is 5.11 Å². The molecular formula is C4H4N2O3S. The molecule has 1 heterocycles. The second-order valence-corrected chi connectivity index (χ2v) is 2.14. The number of ether oxygens (including phenoxy) is 1. The summed E-state index contributed by atoms with van der Waals surface area (Å²) in [7, 11) is 1.38. The summed E-state index contributed by atoms with van der Waals surface area (Å²) < 4.78 is 8.15. The van der Waals surface area contributed by atoms with Gasteiger partial charge in [-0.25, -0.2) is 4.79 Å². The molecule has 1 aromatic heterocycles. The lowest BCUT2D eigenvalue weighted by atomic mass is 10.7. The van der Waals surface area contributed by atoms with Gasteiger partial charge >= 0.3 is 12.0 Å². The van der Waals surface area contributed by atoms with Gasteiger partial charge in [-0.1, -0.05) is 0 Å². The zero-order chi connectivity index (χ0) is 7.56. The van der Waals surface area contributed by atoms with E-state index in [0.717, 1.165) is 11.5 Å². The highest BCUT2D eigenvalue weighted by Crippen LogP contribution is 2.09. The van der Waals surface area contributed by atoms with Crippen LogP contribution in [0, 0.1) is 0 Å². The van der Waals surface area contributed by atoms with Crippen molar-refractivity contribution >= 4 is 17.5 Å². The lowest BCUT2D eigenvalue weighted by Gasteiger charge is -1.84. The van der Waals surface area contributed by atoms with Crippen molar-refractivity contribution < 1.29 is 14.6 Å². The molecule has 0 fully saturated rings. The van der Waals surface area contributed by atoms with E-state index in [1.165, 1.54) is 7.11 Å². The van der Waals surface area contributed by atoms with Gasteiger partial charge in [0.25, 0.3) is 0 Å². The van der Waals surface area contributed by atoms with E-state index < -0.39 is 5.97 Å². The summed E-state index contributed by atoms with van der Waals surface area (Å²) in [6.07, 6.45) is 0. The average Bonchev–Trinajstić information content (AvgIpc) is 2.34. The van der Waals surface area contributed by atoms with Crippen molar-refractivity contribution in [2.24, 2.45) is 0 Å². The van der Waals surface area contributed by atoms with Gasteiger partial charge in [0.05, 0.1) is 7.11 Å². The monoisotopic (exact) mass is 160 g/mol. The number of carboxylic acids is 1. The van der Waals surface area contributed by atoms with E-state index in [0.29, 0.717) is 0 Å². The molecule has 0 spiro atoms. The predicted molar refractivity (Wildman–Crippen MR) is 33.4 cm³/mol. The number of carbonyl (C=O) groups is 1. The van der Waals surface area contributed by atoms with Crippen LogP contribution in [0.4, 0.5) is 0 Å². The third-order valence-corrected chi connectivity index (χ3v) is 1.46. The zero-order valence-corrected chi connectivity index (χ0v) is 5.88. The van der Waals surface area contributed by atoms with Crippen LogP contribution < -0.4 is 4.74 Å². The first-order chi connectivity index (χ1) is 4.74. The third-order valence-electron chi connectivity index (χ3n) is 0.773. The largest absolute Gasteiger partial charge is 0.476 e. The molecule has 1 aromatic rings. The maximum atomic E-state index is 10.2. The Hall–Kier alpha value is -1.17. The highest BCUT2D eigenvalue weighted by atomic mass is 32.1. The lowest BCUT2D eigenvalue weighted by molar-refractivity contribution is 0.0695. The third kappa shape index (κ3) is 1.21. The van der Waals surface area contributed by atoms with Crippen molar-refractivity contribution in [1.29, 1.82) is 0 Å². The van der Waals surface area contributed by atoms with Crippen molar-refractivity contribution in [2.45, 2.75) is 0 Å². The van der Waals surface area contributed by atoms with E-state index in [9.17, 15) is 4.79 Å². The SMILES string of the molecule is COc1nsc(C(=O)O)n1. The summed E-state index contributed by atoms with van der Waals surface area (Å²) in [5.74, 6) is -1.08. The summed E-state index contributed by atoms with van der Waals surface area (Å²) in [5, 5.41) is 8.29. The highest BCUT2D eigenvalue weighted by Gasteiger charge is 2.09. The van der Waals surface area contributed by atoms with Gasteiger partial charge in [-0.3, -0.25) is 0 Å². The smallest absolute Gasteiger partial charge is 0.366 e. The normalized spacial score (nSPS) is 9.30. The van der Waals surface area contributed by atoms with Crippen LogP contribution in [0.1, 0.15) is 9.80 Å². The number of aromatic carboxylic acids is 1. The van der Waals surface area contributed by atoms with Crippen molar-refractivity contribution in [1.82, 2.24) is 9.36 Å². The Bertz CT molecular complexity index is 246. The number of rotatable bonds is 2. The summed E-state index contributed by atoms with van der Waals surface area (Å²) in [4.78, 5) is 13.7. The minimum Gasteiger partial charge on any atom is -0.476 e. The molecular weight excluding hydrogens is 156 g/mol. The Labute approximate surface area is 60.5 Å². The van der Waals surface area contributed by atoms with Gasteiger partial charge in [0.1, 0.15) is 0 Å². The Balaban J connectivity index is 2.88. The molecule has 0 aliphatic heterocycles. The lowest BCUT2D eigenvalue weighted by Crippen LogP contribution is -1.94. The van der Waals surface area contributed by atoms with E-state index in [2.05, 4.69) is 14.1 Å². The molecule has 10 heavy (non-hydrogen) atoms. The van der Waals surface area contributed by atoms with Crippen LogP contribution in [-0.2, 0) is 0 Å². The Kier molecular flexibility index (Phi) is 1.81. The number of carboxylic acid groups (broad SMARTS) is 1. The number of hydrogen-bond donors (Lipinski definition) is 1. The molecule has 6 heteroatoms. The molecule has 1 N–H and O–H groups in total. The molecule has 5 nitrogen and oxygen atoms in total. The van der Waals surface area contributed by atoms with E-state index in [1.807, 2.05) is 0 Å². The molecule has 0 unspecified atom stereocenters. The van der Waals surface area contributed by atoms with Crippen LogP contribution in [-0.4, -0.2) is 27.5 Å². The van der Waals surface area contributed by atoms with Gasteiger partial charge in [-0.05, 0) is 11.5 Å². The first-order valence-corrected chi connectivity index (χ1v) is 3.12. The molecule has 54 valence electrons. The maximum Gasteiger partial charge on any atom is 0.366 e. The molecule has 0 aromatic carbocycles. The number of methoxy groups -OCH3 is 1. The first kappa shape index (κ1) is 6.94. The van der Waals surface area contributed by atoms with Gasteiger partial charge in [0.15, 0.2) is 0 Å². The number of hydrogen-bond acceptors (Lipinski definition) is 5. The molecule has 0 radical (unpaired) electrons. The van der Waals surface area contributed by atoms with Crippen LogP contribution in [0.5, 0.6) is 6.01 Å². The van der Waals surface area contributed by atoms with Crippen molar-refractivity contribution in [3.05, 3.63) is 5.01 Å². The molecule has 0 amide bonds. The van der Waals surface area contributed by atoms with Crippen LogP contribution >= 0.6 is 11.5 Å². The van der Waals surface area contributed by atoms with Gasteiger partial charge in [-0.15, -0.1) is 4.37 Å². The second-order valence-electron chi connectivity index (χ2n) is 1.39. The van der Waals surface area contributed by atoms with E-state index >= 15 is 0 Å². The summed E-state index contributed by atoms with van der Waals surface area (Å²) in [6.45, 7) is 0. The second kappa shape index (κ2) is 2.61. The van der Waals surface area contributed by atoms with Crippen molar-refractivity contribution in [3.8, 4) is 6.01 Å². The molecule has 0 atom stereocenters. The summed E-state index contributed by atoms with van der Waals surface area (Å²) in [5.41, 5.74) is 0. The molecule has 0 saturated heterocycles. The summed E-state index contributed by atoms with van der Waals surface area (Å²) >= 11 is 0.797. The average molecular weight is 160 g/mol. The molecule has 0 bridgehead atoms. The fourth-order valence-corrected chi connectivity index (χ4v) is 0.857. The zero-order valence-electron chi connectivity index (χ0n) is 5.07. The van der Waals surface area contributed by atoms with Gasteiger partial charge in [-0.2, -0.15) is 4.98 Å². The molecule has 0 saturated carbocycles. The minimum absolute atomic E-state index is 0.0585. The van der Waals surface area contributed by atoms with Crippen molar-refractivity contribution in [3.63, 3.8) is 0 Å². The standard InChI is InChI=1S/C4H4N2O3S/c1-9-4-5-2(3(7)8)10-6-4/h1H3,(H,7,8). The topological polar surface area (TPSA) is 72.3 Å². The maximum absolute atomic E-state index is 10.2.